The van der Waals surface area contributed by atoms with Crippen LogP contribution >= 0.6 is 11.6 Å². The normalized spacial score (nSPS) is 21.2. The van der Waals surface area contributed by atoms with E-state index in [1.54, 1.807) is 13.2 Å². The number of rotatable bonds is 1. The fourth-order valence-corrected chi connectivity index (χ4v) is 2.42. The van der Waals surface area contributed by atoms with E-state index in [0.29, 0.717) is 5.92 Å². The Morgan fingerprint density at radius 1 is 1.56 bits per heavy atom. The first-order valence-corrected chi connectivity index (χ1v) is 5.94. The molecule has 1 fully saturated rings. The second kappa shape index (κ2) is 4.45. The molecule has 16 heavy (non-hydrogen) atoms. The van der Waals surface area contributed by atoms with E-state index >= 15 is 0 Å². The van der Waals surface area contributed by atoms with Crippen LogP contribution < -0.4 is 10.5 Å². The summed E-state index contributed by atoms with van der Waals surface area (Å²) in [7, 11) is 1.61. The van der Waals surface area contributed by atoms with Gasteiger partial charge in [0.15, 0.2) is 0 Å². The molecule has 0 spiro atoms. The second-order valence-electron chi connectivity index (χ2n) is 4.47. The second-order valence-corrected chi connectivity index (χ2v) is 4.84. The standard InChI is InChI=1S/C11H16ClN3O/c1-8-4-3-5-15(7-8)9-6-13-14(2)11(16)10(9)12/h6,8H,3-5,7H2,1-2H3/t8-/m0/s1. The van der Waals surface area contributed by atoms with Crippen LogP contribution in [0.25, 0.3) is 0 Å². The van der Waals surface area contributed by atoms with Crippen molar-refractivity contribution >= 4 is 17.3 Å². The number of halogens is 1. The molecule has 1 aliphatic rings. The van der Waals surface area contributed by atoms with Crippen molar-refractivity contribution in [2.45, 2.75) is 19.8 Å². The van der Waals surface area contributed by atoms with Gasteiger partial charge in [0.1, 0.15) is 5.02 Å². The zero-order chi connectivity index (χ0) is 11.7. The summed E-state index contributed by atoms with van der Waals surface area (Å²) >= 11 is 6.06. The Morgan fingerprint density at radius 2 is 2.31 bits per heavy atom. The van der Waals surface area contributed by atoms with Crippen LogP contribution in [0.5, 0.6) is 0 Å². The van der Waals surface area contributed by atoms with Crippen LogP contribution in [0.1, 0.15) is 19.8 Å². The maximum atomic E-state index is 11.7. The fourth-order valence-electron chi connectivity index (χ4n) is 2.13. The first-order valence-electron chi connectivity index (χ1n) is 5.56. The molecular formula is C11H16ClN3O. The lowest BCUT2D eigenvalue weighted by atomic mass is 10.00. The molecule has 2 heterocycles. The summed E-state index contributed by atoms with van der Waals surface area (Å²) in [6, 6.07) is 0. The lowest BCUT2D eigenvalue weighted by Gasteiger charge is -2.32. The van der Waals surface area contributed by atoms with Crippen LogP contribution in [0.4, 0.5) is 5.69 Å². The summed E-state index contributed by atoms with van der Waals surface area (Å²) in [5.74, 6) is 0.647. The van der Waals surface area contributed by atoms with Crippen molar-refractivity contribution in [1.29, 1.82) is 0 Å². The van der Waals surface area contributed by atoms with Gasteiger partial charge in [-0.05, 0) is 18.8 Å². The molecule has 0 bridgehead atoms. The Labute approximate surface area is 99.8 Å². The molecule has 0 aliphatic carbocycles. The van der Waals surface area contributed by atoms with Gasteiger partial charge in [-0.1, -0.05) is 18.5 Å². The quantitative estimate of drug-likeness (QED) is 0.751. The van der Waals surface area contributed by atoms with Crippen molar-refractivity contribution in [2.24, 2.45) is 13.0 Å². The topological polar surface area (TPSA) is 38.1 Å². The predicted octanol–water partition coefficient (Wildman–Crippen LogP) is 1.67. The summed E-state index contributed by atoms with van der Waals surface area (Å²) in [5.41, 5.74) is 0.550. The molecule has 88 valence electrons. The molecule has 0 N–H and O–H groups in total. The van der Waals surface area contributed by atoms with Crippen molar-refractivity contribution in [3.8, 4) is 0 Å². The highest BCUT2D eigenvalue weighted by atomic mass is 35.5. The Kier molecular flexibility index (Phi) is 3.19. The van der Waals surface area contributed by atoms with Crippen LogP contribution in [0, 0.1) is 5.92 Å². The van der Waals surface area contributed by atoms with Gasteiger partial charge in [0, 0.05) is 20.1 Å². The number of hydrogen-bond acceptors (Lipinski definition) is 3. The Morgan fingerprint density at radius 3 is 3.00 bits per heavy atom. The molecule has 0 aromatic carbocycles. The van der Waals surface area contributed by atoms with E-state index in [9.17, 15) is 4.79 Å². The molecule has 0 radical (unpaired) electrons. The van der Waals surface area contributed by atoms with Crippen molar-refractivity contribution in [2.75, 3.05) is 18.0 Å². The van der Waals surface area contributed by atoms with Crippen LogP contribution in [0.2, 0.25) is 5.02 Å². The van der Waals surface area contributed by atoms with E-state index in [2.05, 4.69) is 16.9 Å². The zero-order valence-corrected chi connectivity index (χ0v) is 10.4. The molecule has 0 amide bonds. The molecule has 1 aromatic rings. The molecule has 1 saturated heterocycles. The number of piperidine rings is 1. The van der Waals surface area contributed by atoms with Gasteiger partial charge in [-0.25, -0.2) is 4.68 Å². The zero-order valence-electron chi connectivity index (χ0n) is 9.61. The summed E-state index contributed by atoms with van der Waals surface area (Å²) in [6.45, 7) is 4.13. The fraction of sp³-hybridized carbons (Fsp3) is 0.636. The lowest BCUT2D eigenvalue weighted by molar-refractivity contribution is 0.446. The minimum Gasteiger partial charge on any atom is -0.369 e. The highest BCUT2D eigenvalue weighted by Gasteiger charge is 2.20. The Bertz CT molecular complexity index is 443. The van der Waals surface area contributed by atoms with Crippen LogP contribution in [-0.2, 0) is 7.05 Å². The number of nitrogens with zero attached hydrogens (tertiary/aromatic N) is 3. The Hall–Kier alpha value is -1.03. The van der Waals surface area contributed by atoms with Crippen molar-refractivity contribution in [3.05, 3.63) is 21.6 Å². The van der Waals surface area contributed by atoms with Crippen molar-refractivity contribution < 1.29 is 0 Å². The average Bonchev–Trinajstić information content (AvgIpc) is 2.26. The third-order valence-electron chi connectivity index (χ3n) is 3.06. The van der Waals surface area contributed by atoms with Crippen LogP contribution in [-0.4, -0.2) is 22.9 Å². The average molecular weight is 242 g/mol. The van der Waals surface area contributed by atoms with E-state index in [4.69, 9.17) is 11.6 Å². The Balaban J connectivity index is 2.33. The van der Waals surface area contributed by atoms with Gasteiger partial charge in [-0.3, -0.25) is 4.79 Å². The summed E-state index contributed by atoms with van der Waals surface area (Å²) < 4.78 is 1.26. The number of aryl methyl sites for hydroxylation is 1. The maximum absolute atomic E-state index is 11.7. The lowest BCUT2D eigenvalue weighted by Crippen LogP contribution is -2.36. The number of hydrogen-bond donors (Lipinski definition) is 0. The summed E-state index contributed by atoms with van der Waals surface area (Å²) in [6.07, 6.45) is 4.07. The minimum atomic E-state index is -0.225. The maximum Gasteiger partial charge on any atom is 0.287 e. The van der Waals surface area contributed by atoms with Gasteiger partial charge in [0.25, 0.3) is 5.56 Å². The van der Waals surface area contributed by atoms with E-state index < -0.39 is 0 Å². The first kappa shape index (κ1) is 11.5. The molecule has 1 aromatic heterocycles. The van der Waals surface area contributed by atoms with Crippen molar-refractivity contribution in [3.63, 3.8) is 0 Å². The van der Waals surface area contributed by atoms with Gasteiger partial charge in [0.2, 0.25) is 0 Å². The molecule has 0 saturated carbocycles. The molecule has 2 rings (SSSR count). The van der Waals surface area contributed by atoms with Gasteiger partial charge in [-0.2, -0.15) is 5.10 Å². The smallest absolute Gasteiger partial charge is 0.287 e. The third kappa shape index (κ3) is 2.07. The highest BCUT2D eigenvalue weighted by Crippen LogP contribution is 2.26. The van der Waals surface area contributed by atoms with E-state index in [0.717, 1.165) is 25.2 Å². The summed E-state index contributed by atoms with van der Waals surface area (Å²) in [4.78, 5) is 13.8. The van der Waals surface area contributed by atoms with Gasteiger partial charge in [0.05, 0.1) is 11.9 Å². The highest BCUT2D eigenvalue weighted by molar-refractivity contribution is 6.33. The van der Waals surface area contributed by atoms with Gasteiger partial charge in [-0.15, -0.1) is 0 Å². The van der Waals surface area contributed by atoms with E-state index in [-0.39, 0.29) is 10.6 Å². The van der Waals surface area contributed by atoms with Gasteiger partial charge < -0.3 is 4.90 Å². The minimum absolute atomic E-state index is 0.225. The predicted molar refractivity (Wildman–Crippen MR) is 65.1 cm³/mol. The molecular weight excluding hydrogens is 226 g/mol. The molecule has 1 aliphatic heterocycles. The third-order valence-corrected chi connectivity index (χ3v) is 3.41. The van der Waals surface area contributed by atoms with E-state index in [1.165, 1.54) is 11.1 Å². The van der Waals surface area contributed by atoms with Crippen LogP contribution in [0.15, 0.2) is 11.0 Å². The monoisotopic (exact) mass is 241 g/mol. The molecule has 1 atom stereocenters. The SMILES string of the molecule is C[C@H]1CCCN(c2cnn(C)c(=O)c2Cl)C1. The molecule has 5 heteroatoms. The van der Waals surface area contributed by atoms with Crippen LogP contribution in [0.3, 0.4) is 0 Å². The molecule has 0 unspecified atom stereocenters. The number of aromatic nitrogens is 2. The van der Waals surface area contributed by atoms with Gasteiger partial charge >= 0.3 is 0 Å². The van der Waals surface area contributed by atoms with Crippen molar-refractivity contribution in [1.82, 2.24) is 9.78 Å². The number of anilines is 1. The van der Waals surface area contributed by atoms with E-state index in [1.807, 2.05) is 0 Å². The summed E-state index contributed by atoms with van der Waals surface area (Å²) in [5, 5.41) is 4.30. The first-order chi connectivity index (χ1) is 7.59. The largest absolute Gasteiger partial charge is 0.369 e. The molecule has 4 nitrogen and oxygen atoms in total.